The highest BCUT2D eigenvalue weighted by atomic mass is 14.9. The van der Waals surface area contributed by atoms with Gasteiger partial charge in [0.1, 0.15) is 35.2 Å². The van der Waals surface area contributed by atoms with Gasteiger partial charge in [-0.3, -0.25) is 0 Å². The van der Waals surface area contributed by atoms with Crippen LogP contribution in [-0.4, -0.2) is 0 Å². The molecule has 0 saturated heterocycles. The van der Waals surface area contributed by atoms with Gasteiger partial charge in [-0.2, -0.15) is 0 Å². The second-order valence-electron chi connectivity index (χ2n) is 22.6. The second-order valence-corrected chi connectivity index (χ2v) is 22.6. The highest BCUT2D eigenvalue weighted by Gasteiger charge is 2.18. The number of rotatable bonds is 9. The van der Waals surface area contributed by atoms with Crippen molar-refractivity contribution in [2.75, 3.05) is 0 Å². The Labute approximate surface area is 562 Å². The van der Waals surface area contributed by atoms with Crippen molar-refractivity contribution in [1.29, 1.82) is 0 Å². The molecule has 0 aliphatic carbocycles. The van der Waals surface area contributed by atoms with Gasteiger partial charge in [0.25, 0.3) is 0 Å². The zero-order valence-electron chi connectivity index (χ0n) is 79.6. The lowest BCUT2D eigenvalue weighted by atomic mass is 9.95. The van der Waals surface area contributed by atoms with Crippen molar-refractivity contribution in [2.24, 2.45) is 35.2 Å². The van der Waals surface area contributed by atoms with E-state index in [9.17, 15) is 0 Å². The summed E-state index contributed by atoms with van der Waals surface area (Å²) >= 11 is 0. The number of nitrogens with zero attached hydrogens (tertiary/aromatic N) is 5. The lowest BCUT2D eigenvalue weighted by Crippen LogP contribution is -2.31. The maximum absolute atomic E-state index is 8.20. The van der Waals surface area contributed by atoms with Crippen molar-refractivity contribution in [1.82, 2.24) is 0 Å². The Morgan fingerprint density at radius 3 is 1.10 bits per heavy atom. The molecule has 5 aromatic carbocycles. The van der Waals surface area contributed by atoms with Gasteiger partial charge in [-0.15, -0.1) is 0 Å². The summed E-state index contributed by atoms with van der Waals surface area (Å²) < 4.78 is 206. The van der Waals surface area contributed by atoms with Crippen molar-refractivity contribution in [3.8, 4) is 56.3 Å². The molecular formula is C82H104N5+5. The number of hydrogen-bond donors (Lipinski definition) is 0. The minimum absolute atomic E-state index is 0.0931. The molecule has 87 heavy (non-hydrogen) atoms. The first kappa shape index (κ1) is 39.6. The van der Waals surface area contributed by atoms with Gasteiger partial charge in [0.15, 0.2) is 31.0 Å². The molecule has 5 aromatic heterocycles. The molecule has 0 aliphatic heterocycles. The molecule has 5 nitrogen and oxygen atoms in total. The molecule has 0 radical (unpaired) electrons. The van der Waals surface area contributed by atoms with Crippen LogP contribution in [0.15, 0.2) is 177 Å². The average molecular weight is 1190 g/mol. The van der Waals surface area contributed by atoms with E-state index < -0.39 is 66.6 Å². The number of benzene rings is 5. The number of aromatic nitrogens is 5. The van der Waals surface area contributed by atoms with Crippen LogP contribution >= 0.6 is 0 Å². The Balaban J connectivity index is 0.000000221. The first-order chi connectivity index (χ1) is 51.4. The first-order valence-electron chi connectivity index (χ1n) is 41.9. The van der Waals surface area contributed by atoms with E-state index in [1.54, 1.807) is 151 Å². The van der Waals surface area contributed by atoms with Crippen LogP contribution in [0.25, 0.3) is 56.3 Å². The maximum atomic E-state index is 8.20. The van der Waals surface area contributed by atoms with Crippen molar-refractivity contribution in [3.63, 3.8) is 0 Å². The van der Waals surface area contributed by atoms with Crippen molar-refractivity contribution in [3.05, 3.63) is 266 Å². The van der Waals surface area contributed by atoms with E-state index in [4.69, 9.17) is 35.6 Å². The van der Waals surface area contributed by atoms with Gasteiger partial charge in [-0.25, -0.2) is 22.8 Å². The molecule has 0 aliphatic rings. The molecule has 0 fully saturated rings. The summed E-state index contributed by atoms with van der Waals surface area (Å²) in [6, 6.07) is 42.6. The molecule has 5 heterocycles. The summed E-state index contributed by atoms with van der Waals surface area (Å²) in [5, 5.41) is 0. The molecule has 5 heteroatoms. The van der Waals surface area contributed by atoms with Gasteiger partial charge in [0, 0.05) is 122 Å². The minimum Gasteiger partial charge on any atom is -0.201 e. The van der Waals surface area contributed by atoms with Crippen LogP contribution in [0.3, 0.4) is 0 Å². The van der Waals surface area contributed by atoms with Crippen LogP contribution in [0.1, 0.15) is 178 Å². The monoisotopic (exact) mass is 1180 g/mol. The third kappa shape index (κ3) is 18.2. The molecule has 0 spiro atoms. The summed E-state index contributed by atoms with van der Waals surface area (Å²) in [5.41, 5.74) is 20.6. The molecule has 0 amide bonds. The van der Waals surface area contributed by atoms with E-state index in [1.165, 1.54) is 71.8 Å². The van der Waals surface area contributed by atoms with Gasteiger partial charge in [-0.1, -0.05) is 113 Å². The summed E-state index contributed by atoms with van der Waals surface area (Å²) in [4.78, 5) is 0. The minimum atomic E-state index is -2.76. The topological polar surface area (TPSA) is 19.4 Å². The van der Waals surface area contributed by atoms with Gasteiger partial charge in [-0.05, 0) is 212 Å². The zero-order chi connectivity index (χ0) is 86.0. The predicted octanol–water partition coefficient (Wildman–Crippen LogP) is 18.0. The first-order valence-corrected chi connectivity index (χ1v) is 28.9. The lowest BCUT2D eigenvalue weighted by Gasteiger charge is -2.11. The predicted molar refractivity (Wildman–Crippen MR) is 369 cm³/mol. The zero-order valence-corrected chi connectivity index (χ0v) is 53.6. The Kier molecular flexibility index (Phi) is 14.1. The van der Waals surface area contributed by atoms with Crippen molar-refractivity contribution >= 4 is 0 Å². The SMILES string of the molecule is Cc1cc(-c2ccc(C(C)C)cc2C)[n+](C)cc1C.[2H]C([2H])([2H])c1ccc(-c2ccc(C([2H])(C)C([2H])([2H])[2H])cc2C)[n+](C)c1.[2H]C([2H])([2H])c1ccc(-c2ccc(C([2H])([2H])C([2H])([2H])[2H])cc2C)[n+](C)c1.[2H]C([2H])([2H])c1ccc(-c2ccc(C([2H])([2H])C)c[n+]2C)c(C)c1.[2H]C([2H])([2H])c1ccc(-c2ccc(C([2H])([2H])[2H])c[n+]2C)c(C)c1. The largest absolute Gasteiger partial charge is 0.212 e. The maximum Gasteiger partial charge on any atom is 0.212 e. The van der Waals surface area contributed by atoms with E-state index in [-0.39, 0.29) is 22.3 Å². The normalized spacial score (nSPS) is 17.2. The quantitative estimate of drug-likeness (QED) is 0.128. The van der Waals surface area contributed by atoms with Gasteiger partial charge in [0.05, 0.1) is 0 Å². The number of aryl methyl sites for hydroxylation is 19. The third-order valence-electron chi connectivity index (χ3n) is 15.3. The van der Waals surface area contributed by atoms with Gasteiger partial charge < -0.3 is 0 Å². The molecule has 0 bridgehead atoms. The fraction of sp³-hybridized carbons (Fsp3) is 0.329. The molecule has 0 N–H and O–H groups in total. The Bertz CT molecular complexity index is 4670. The Morgan fingerprint density at radius 1 is 0.345 bits per heavy atom. The standard InChI is InChI=1S/C18H24N.C17H22N.2C16H20N.C15H18N/c1-12(2)16-7-8-17(14(4)9-16)18-10-13(3)15(5)11-19(18)6;1-12(2)15-7-8-16(14(4)10-15)17-9-6-13(3)11-18(17)5;1-5-14-7-8-15(13(3)10-14)16-9-6-12(2)11-17(16)4;1-5-14-7-9-16(17(4)11-14)15-8-6-12(2)10-13(15)3;1-11-5-7-14(13(3)9-11)15-8-6-12(2)10-16(15)4/h7-12H,1-6H3;6-12H,1-5H3;2*6-11H,5H2,1-4H3;5-10H,1-4H3/q5*+1/i;1D3,3D3,12D;1D3,2D3,5D2;2D3,5D2;1D3,2D3. The fourth-order valence-electron chi connectivity index (χ4n) is 10.3. The molecule has 0 saturated carbocycles. The molecular weight excluding hydrogens is 1050 g/mol. The molecule has 1 unspecified atom stereocenters. The van der Waals surface area contributed by atoms with E-state index in [2.05, 4.69) is 76.7 Å². The van der Waals surface area contributed by atoms with Crippen molar-refractivity contribution in [2.45, 2.75) is 149 Å². The van der Waals surface area contributed by atoms with Crippen LogP contribution in [0, 0.1) is 82.7 Å². The highest BCUT2D eigenvalue weighted by Crippen LogP contribution is 2.29. The number of hydrogen-bond acceptors (Lipinski definition) is 0. The third-order valence-corrected chi connectivity index (χ3v) is 15.3. The molecule has 10 rings (SSSR count). The van der Waals surface area contributed by atoms with E-state index >= 15 is 0 Å². The van der Waals surface area contributed by atoms with Crippen LogP contribution in [0.2, 0.25) is 0 Å². The van der Waals surface area contributed by atoms with Crippen LogP contribution in [-0.2, 0) is 48.0 Å². The summed E-state index contributed by atoms with van der Waals surface area (Å²) in [5.74, 6) is -1.11. The van der Waals surface area contributed by atoms with Crippen LogP contribution in [0.5, 0.6) is 0 Å². The van der Waals surface area contributed by atoms with Gasteiger partial charge >= 0.3 is 0 Å². The summed E-state index contributed by atoms with van der Waals surface area (Å²) in [6.07, 6.45) is 4.84. The molecule has 452 valence electrons. The van der Waals surface area contributed by atoms with Crippen molar-refractivity contribution < 1.29 is 58.5 Å². The van der Waals surface area contributed by atoms with E-state index in [0.29, 0.717) is 33.7 Å². The molecule has 1 atom stereocenters. The second kappa shape index (κ2) is 31.0. The Hall–Kier alpha value is -8.15. The van der Waals surface area contributed by atoms with Gasteiger partial charge in [0.2, 0.25) is 28.5 Å². The average Bonchev–Trinajstić information content (AvgIpc) is 0.844. The summed E-state index contributed by atoms with van der Waals surface area (Å²) in [7, 11) is 9.27. The van der Waals surface area contributed by atoms with E-state index in [1.807, 2.05) is 44.5 Å². The van der Waals surface area contributed by atoms with Crippen LogP contribution < -0.4 is 22.8 Å². The van der Waals surface area contributed by atoms with E-state index in [0.717, 1.165) is 61.7 Å². The van der Waals surface area contributed by atoms with Crippen LogP contribution in [0.4, 0.5) is 0 Å². The summed E-state index contributed by atoms with van der Waals surface area (Å²) in [6.45, 7) is 5.39. The number of pyridine rings is 5. The molecule has 10 aromatic rings. The lowest BCUT2D eigenvalue weighted by molar-refractivity contribution is -0.660. The highest BCUT2D eigenvalue weighted by molar-refractivity contribution is 5.65. The fourth-order valence-corrected chi connectivity index (χ4v) is 10.3. The smallest absolute Gasteiger partial charge is 0.201 e. The Morgan fingerprint density at radius 2 is 0.713 bits per heavy atom.